The summed E-state index contributed by atoms with van der Waals surface area (Å²) in [4.78, 5) is 21.7. The topological polar surface area (TPSA) is 78.1 Å². The summed E-state index contributed by atoms with van der Waals surface area (Å²) in [6.07, 6.45) is 1.84. The van der Waals surface area contributed by atoms with Gasteiger partial charge in [0, 0.05) is 0 Å². The molecule has 0 aromatic carbocycles. The van der Waals surface area contributed by atoms with Gasteiger partial charge in [0.25, 0.3) is 0 Å². The average Bonchev–Trinajstić information content (AvgIpc) is 2.66. The standard InChI is InChI=1S/C13H17N3O2S/c1-4-5-6-18-13(17)11-10(14)9-7(2)15-8(3)16-12(9)19-11/h4-6,14H2,1-3H3. The van der Waals surface area contributed by atoms with Crippen LogP contribution in [0.2, 0.25) is 0 Å². The number of esters is 1. The largest absolute Gasteiger partial charge is 0.461 e. The van der Waals surface area contributed by atoms with E-state index in [4.69, 9.17) is 10.5 Å². The minimum atomic E-state index is -0.369. The lowest BCUT2D eigenvalue weighted by molar-refractivity contribution is 0.0506. The van der Waals surface area contributed by atoms with Crippen LogP contribution in [0.5, 0.6) is 0 Å². The molecule has 0 atom stereocenters. The Bertz CT molecular complexity index is 622. The van der Waals surface area contributed by atoms with Gasteiger partial charge in [0.1, 0.15) is 15.5 Å². The summed E-state index contributed by atoms with van der Waals surface area (Å²) < 4.78 is 5.19. The highest BCUT2D eigenvalue weighted by Crippen LogP contribution is 2.34. The quantitative estimate of drug-likeness (QED) is 0.687. The van der Waals surface area contributed by atoms with Crippen molar-refractivity contribution in [3.8, 4) is 0 Å². The van der Waals surface area contributed by atoms with Crippen molar-refractivity contribution in [3.63, 3.8) is 0 Å². The van der Waals surface area contributed by atoms with Crippen molar-refractivity contribution in [3.05, 3.63) is 16.4 Å². The average molecular weight is 279 g/mol. The zero-order valence-electron chi connectivity index (χ0n) is 11.3. The number of anilines is 1. The van der Waals surface area contributed by atoms with Crippen LogP contribution in [0.15, 0.2) is 0 Å². The van der Waals surface area contributed by atoms with Crippen molar-refractivity contribution in [2.24, 2.45) is 0 Å². The molecule has 0 aliphatic carbocycles. The van der Waals surface area contributed by atoms with E-state index in [-0.39, 0.29) is 5.97 Å². The van der Waals surface area contributed by atoms with E-state index in [2.05, 4.69) is 9.97 Å². The Balaban J connectivity index is 2.37. The summed E-state index contributed by atoms with van der Waals surface area (Å²) in [5.41, 5.74) is 7.25. The smallest absolute Gasteiger partial charge is 0.350 e. The molecule has 0 saturated heterocycles. The summed E-state index contributed by atoms with van der Waals surface area (Å²) >= 11 is 1.27. The Morgan fingerprint density at radius 2 is 2.11 bits per heavy atom. The molecule has 0 unspecified atom stereocenters. The fourth-order valence-electron chi connectivity index (χ4n) is 1.86. The van der Waals surface area contributed by atoms with Crippen LogP contribution in [0.4, 0.5) is 5.69 Å². The number of aromatic nitrogens is 2. The first-order valence-electron chi connectivity index (χ1n) is 6.25. The van der Waals surface area contributed by atoms with Gasteiger partial charge in [-0.25, -0.2) is 14.8 Å². The molecule has 2 aromatic heterocycles. The lowest BCUT2D eigenvalue weighted by Gasteiger charge is -2.02. The first-order chi connectivity index (χ1) is 9.04. The number of rotatable bonds is 4. The van der Waals surface area contributed by atoms with Crippen molar-refractivity contribution in [2.75, 3.05) is 12.3 Å². The minimum absolute atomic E-state index is 0.369. The summed E-state index contributed by atoms with van der Waals surface area (Å²) in [6, 6.07) is 0. The summed E-state index contributed by atoms with van der Waals surface area (Å²) in [7, 11) is 0. The number of aryl methyl sites for hydroxylation is 2. The van der Waals surface area contributed by atoms with Crippen molar-refractivity contribution < 1.29 is 9.53 Å². The molecule has 2 heterocycles. The number of nitrogen functional groups attached to an aromatic ring is 1. The van der Waals surface area contributed by atoms with Crippen LogP contribution in [0.25, 0.3) is 10.2 Å². The van der Waals surface area contributed by atoms with E-state index < -0.39 is 0 Å². The molecule has 2 rings (SSSR count). The lowest BCUT2D eigenvalue weighted by Crippen LogP contribution is -2.06. The molecule has 0 spiro atoms. The molecule has 0 aliphatic rings. The van der Waals surface area contributed by atoms with Gasteiger partial charge in [-0.3, -0.25) is 0 Å². The van der Waals surface area contributed by atoms with E-state index in [1.165, 1.54) is 11.3 Å². The number of unbranched alkanes of at least 4 members (excludes halogenated alkanes) is 1. The predicted octanol–water partition coefficient (Wildman–Crippen LogP) is 2.85. The number of nitrogens with two attached hydrogens (primary N) is 1. The maximum absolute atomic E-state index is 12.0. The Morgan fingerprint density at radius 1 is 1.37 bits per heavy atom. The molecular formula is C13H17N3O2S. The van der Waals surface area contributed by atoms with Gasteiger partial charge in [0.2, 0.25) is 0 Å². The van der Waals surface area contributed by atoms with Crippen molar-refractivity contribution in [1.29, 1.82) is 0 Å². The molecule has 19 heavy (non-hydrogen) atoms. The molecule has 0 amide bonds. The van der Waals surface area contributed by atoms with Crippen LogP contribution in [-0.2, 0) is 4.74 Å². The first kappa shape index (κ1) is 13.7. The number of nitrogens with zero attached hydrogens (tertiary/aromatic N) is 2. The highest BCUT2D eigenvalue weighted by Gasteiger charge is 2.20. The van der Waals surface area contributed by atoms with Gasteiger partial charge < -0.3 is 10.5 Å². The van der Waals surface area contributed by atoms with Gasteiger partial charge in [-0.2, -0.15) is 0 Å². The zero-order valence-corrected chi connectivity index (χ0v) is 12.1. The molecule has 102 valence electrons. The van der Waals surface area contributed by atoms with Crippen LogP contribution in [0, 0.1) is 13.8 Å². The van der Waals surface area contributed by atoms with E-state index in [1.54, 1.807) is 0 Å². The van der Waals surface area contributed by atoms with E-state index >= 15 is 0 Å². The number of hydrogen-bond acceptors (Lipinski definition) is 6. The Labute approximate surface area is 115 Å². The highest BCUT2D eigenvalue weighted by atomic mass is 32.1. The minimum Gasteiger partial charge on any atom is -0.461 e. The van der Waals surface area contributed by atoms with Crippen molar-refractivity contribution in [2.45, 2.75) is 33.6 Å². The third-order valence-electron chi connectivity index (χ3n) is 2.80. The second kappa shape index (κ2) is 5.52. The molecule has 2 aromatic rings. The lowest BCUT2D eigenvalue weighted by atomic mass is 10.2. The zero-order chi connectivity index (χ0) is 14.0. The Hall–Kier alpha value is -1.69. The van der Waals surface area contributed by atoms with Crippen LogP contribution < -0.4 is 5.73 Å². The van der Waals surface area contributed by atoms with E-state index in [9.17, 15) is 4.79 Å². The van der Waals surface area contributed by atoms with Gasteiger partial charge in [-0.05, 0) is 20.3 Å². The maximum Gasteiger partial charge on any atom is 0.350 e. The molecule has 6 heteroatoms. The molecule has 0 radical (unpaired) electrons. The van der Waals surface area contributed by atoms with E-state index in [0.29, 0.717) is 23.0 Å². The van der Waals surface area contributed by atoms with Gasteiger partial charge in [0.05, 0.1) is 23.4 Å². The second-order valence-electron chi connectivity index (χ2n) is 4.37. The van der Waals surface area contributed by atoms with Gasteiger partial charge >= 0.3 is 5.97 Å². The van der Waals surface area contributed by atoms with Crippen LogP contribution in [-0.4, -0.2) is 22.5 Å². The number of hydrogen-bond donors (Lipinski definition) is 1. The van der Waals surface area contributed by atoms with Crippen LogP contribution in [0.3, 0.4) is 0 Å². The molecule has 2 N–H and O–H groups in total. The van der Waals surface area contributed by atoms with Crippen molar-refractivity contribution >= 4 is 33.2 Å². The fourth-order valence-corrected chi connectivity index (χ4v) is 2.94. The Morgan fingerprint density at radius 3 is 2.79 bits per heavy atom. The van der Waals surface area contributed by atoms with Crippen LogP contribution in [0.1, 0.15) is 41.0 Å². The number of ether oxygens (including phenoxy) is 1. The normalized spacial score (nSPS) is 10.9. The highest BCUT2D eigenvalue weighted by molar-refractivity contribution is 7.21. The van der Waals surface area contributed by atoms with E-state index in [0.717, 1.165) is 28.8 Å². The molecule has 5 nitrogen and oxygen atoms in total. The van der Waals surface area contributed by atoms with E-state index in [1.807, 2.05) is 20.8 Å². The number of carbonyl (C=O) groups excluding carboxylic acids is 1. The van der Waals surface area contributed by atoms with Gasteiger partial charge in [-0.15, -0.1) is 11.3 Å². The van der Waals surface area contributed by atoms with Crippen LogP contribution >= 0.6 is 11.3 Å². The fraction of sp³-hybridized carbons (Fsp3) is 0.462. The number of carbonyl (C=O) groups is 1. The monoisotopic (exact) mass is 279 g/mol. The molecule has 0 saturated carbocycles. The SMILES string of the molecule is CCCCOC(=O)c1sc2nc(C)nc(C)c2c1N. The maximum atomic E-state index is 12.0. The number of fused-ring (bicyclic) bond motifs is 1. The molecule has 0 aliphatic heterocycles. The summed E-state index contributed by atoms with van der Waals surface area (Å²) in [5, 5.41) is 0.762. The van der Waals surface area contributed by atoms with Crippen molar-refractivity contribution in [1.82, 2.24) is 9.97 Å². The molecule has 0 fully saturated rings. The van der Waals surface area contributed by atoms with Gasteiger partial charge in [-0.1, -0.05) is 13.3 Å². The summed E-state index contributed by atoms with van der Waals surface area (Å²) in [5.74, 6) is 0.308. The Kier molecular flexibility index (Phi) is 3.99. The van der Waals surface area contributed by atoms with Gasteiger partial charge in [0.15, 0.2) is 0 Å². The number of thiophene rings is 1. The predicted molar refractivity (Wildman–Crippen MR) is 76.5 cm³/mol. The third kappa shape index (κ3) is 2.68. The summed E-state index contributed by atoms with van der Waals surface area (Å²) in [6.45, 7) is 6.16. The first-order valence-corrected chi connectivity index (χ1v) is 7.06. The molecule has 0 bridgehead atoms. The third-order valence-corrected chi connectivity index (χ3v) is 3.88. The molecular weight excluding hydrogens is 262 g/mol. The second-order valence-corrected chi connectivity index (χ2v) is 5.37.